The number of carbonyl (C=O) groups is 4. The number of hydrogen-bond donors (Lipinski definition) is 4. The van der Waals surface area contributed by atoms with Crippen molar-refractivity contribution in [3.05, 3.63) is 139 Å². The summed E-state index contributed by atoms with van der Waals surface area (Å²) in [7, 11) is 0. The van der Waals surface area contributed by atoms with Crippen LogP contribution in [-0.4, -0.2) is 91.0 Å². The highest BCUT2D eigenvalue weighted by Crippen LogP contribution is 2.40. The standard InChI is InChI=1S/C56H59ClN8O7S2/c1-28-19-20-73-49(28)35-11-9-33(10-12-35)30(3)58-52(68)43-24-39(66)27-64(43)54(70)50(56(6,7)8)61-53(69)45-21-36-15-18-40(25-44(36)72-45)71-41-22-38(23-41)59-46(67)26-42-51-63-62-32(5)65(51)55-47(29(2)31(4)74-55)48(60-42)34-13-16-37(57)17-14-34/h9-21,25,30,38-39,41-43,50,66H,22-24,26-27H2,1-8H3,(H,58,68)(H,59,67)(H,61,69)/t30-,38?,39+,41?,42-,43-,50+/m0/s1. The minimum Gasteiger partial charge on any atom is -0.490 e. The summed E-state index contributed by atoms with van der Waals surface area (Å²) < 4.78 is 14.4. The number of nitrogens with zero attached hydrogens (tertiary/aromatic N) is 5. The smallest absolute Gasteiger partial charge is 0.287 e. The Bertz CT molecular complexity index is 3330. The number of aromatic nitrogens is 3. The van der Waals surface area contributed by atoms with Gasteiger partial charge in [-0.3, -0.25) is 28.7 Å². The summed E-state index contributed by atoms with van der Waals surface area (Å²) in [5, 5.41) is 33.2. The van der Waals surface area contributed by atoms with Crippen LogP contribution in [0.3, 0.4) is 0 Å². The number of benzene rings is 3. The van der Waals surface area contributed by atoms with Crippen molar-refractivity contribution < 1.29 is 33.4 Å². The van der Waals surface area contributed by atoms with Gasteiger partial charge in [-0.25, -0.2) is 0 Å². The van der Waals surface area contributed by atoms with Crippen molar-refractivity contribution in [2.24, 2.45) is 10.4 Å². The van der Waals surface area contributed by atoms with Gasteiger partial charge in [0.1, 0.15) is 46.4 Å². The van der Waals surface area contributed by atoms with Crippen molar-refractivity contribution in [3.63, 3.8) is 0 Å². The summed E-state index contributed by atoms with van der Waals surface area (Å²) in [6.45, 7) is 15.5. The number of hydrogen-bond acceptors (Lipinski definition) is 12. The zero-order valence-electron chi connectivity index (χ0n) is 42.5. The van der Waals surface area contributed by atoms with Gasteiger partial charge in [0.05, 0.1) is 24.3 Å². The molecule has 15 nitrogen and oxygen atoms in total. The van der Waals surface area contributed by atoms with Gasteiger partial charge in [-0.2, -0.15) is 0 Å². The van der Waals surface area contributed by atoms with Crippen LogP contribution >= 0.6 is 34.3 Å². The molecule has 2 fully saturated rings. The fourth-order valence-electron chi connectivity index (χ4n) is 10.1. The Labute approximate surface area is 442 Å². The van der Waals surface area contributed by atoms with Crippen molar-refractivity contribution in [1.82, 2.24) is 35.6 Å². The van der Waals surface area contributed by atoms with Gasteiger partial charge in [0.15, 0.2) is 11.6 Å². The number of amides is 4. The molecule has 18 heteroatoms. The fraction of sp³-hybridized carbons (Fsp3) is 0.375. The number of aliphatic hydroxyl groups is 1. The van der Waals surface area contributed by atoms with Gasteiger partial charge < -0.3 is 35.1 Å². The first-order valence-corrected chi connectivity index (χ1v) is 27.0. The lowest BCUT2D eigenvalue weighted by Crippen LogP contribution is -2.57. The lowest BCUT2D eigenvalue weighted by Gasteiger charge is -2.36. The first-order valence-electron chi connectivity index (χ1n) is 24.9. The van der Waals surface area contributed by atoms with Gasteiger partial charge >= 0.3 is 0 Å². The molecule has 6 heterocycles. The number of ether oxygens (including phenoxy) is 1. The molecule has 0 radical (unpaired) electrons. The summed E-state index contributed by atoms with van der Waals surface area (Å²) >= 11 is 9.62. The largest absolute Gasteiger partial charge is 0.490 e. The molecule has 3 aromatic carbocycles. The average Bonchev–Trinajstić information content (AvgIpc) is 4.19. The monoisotopic (exact) mass is 1050 g/mol. The van der Waals surface area contributed by atoms with Crippen molar-refractivity contribution in [3.8, 4) is 21.2 Å². The number of aryl methyl sites for hydroxylation is 3. The minimum absolute atomic E-state index is 0.00279. The summed E-state index contributed by atoms with van der Waals surface area (Å²) in [5.41, 5.74) is 6.66. The van der Waals surface area contributed by atoms with E-state index in [4.69, 9.17) is 25.7 Å². The number of halogens is 1. The average molecular weight is 1060 g/mol. The molecule has 3 aliphatic rings. The van der Waals surface area contributed by atoms with Crippen molar-refractivity contribution in [1.29, 1.82) is 0 Å². The van der Waals surface area contributed by atoms with Gasteiger partial charge in [-0.15, -0.1) is 32.9 Å². The molecular formula is C56H59ClN8O7S2. The van der Waals surface area contributed by atoms with Gasteiger partial charge in [-0.1, -0.05) is 68.8 Å². The molecule has 4 aromatic heterocycles. The second-order valence-corrected chi connectivity index (χ2v) is 23.4. The van der Waals surface area contributed by atoms with Gasteiger partial charge in [0.2, 0.25) is 17.7 Å². The normalized spacial score (nSPS) is 20.2. The van der Waals surface area contributed by atoms with E-state index in [-0.39, 0.29) is 55.1 Å². The third-order valence-electron chi connectivity index (χ3n) is 14.4. The van der Waals surface area contributed by atoms with Crippen LogP contribution in [0.4, 0.5) is 0 Å². The van der Waals surface area contributed by atoms with E-state index >= 15 is 0 Å². The number of fused-ring (bicyclic) bond motifs is 4. The van der Waals surface area contributed by atoms with E-state index in [2.05, 4.69) is 58.4 Å². The number of likely N-dealkylation sites (tertiary alicyclic amines) is 1. The molecule has 7 aromatic rings. The first-order chi connectivity index (χ1) is 35.3. The number of thiophene rings is 2. The summed E-state index contributed by atoms with van der Waals surface area (Å²) in [5.74, 6) is 0.267. The number of aliphatic imine (C=N–C) groups is 1. The van der Waals surface area contributed by atoms with Crippen LogP contribution in [-0.2, 0) is 14.4 Å². The Kier molecular flexibility index (Phi) is 13.9. The van der Waals surface area contributed by atoms with Crippen molar-refractivity contribution in [2.75, 3.05) is 6.54 Å². The van der Waals surface area contributed by atoms with Crippen LogP contribution in [0.5, 0.6) is 5.75 Å². The summed E-state index contributed by atoms with van der Waals surface area (Å²) in [6.07, 6.45) is 0.247. The topological polar surface area (TPSA) is 193 Å². The third-order valence-corrected chi connectivity index (χ3v) is 16.9. The van der Waals surface area contributed by atoms with Crippen LogP contribution in [0.1, 0.15) is 120 Å². The first kappa shape index (κ1) is 50.9. The molecule has 1 saturated carbocycles. The van der Waals surface area contributed by atoms with Gasteiger partial charge in [0.25, 0.3) is 5.91 Å². The zero-order chi connectivity index (χ0) is 52.3. The van der Waals surface area contributed by atoms with Gasteiger partial charge in [0, 0.05) is 69.2 Å². The molecule has 384 valence electrons. The molecule has 4 N–H and O–H groups in total. The van der Waals surface area contributed by atoms with Crippen LogP contribution in [0.15, 0.2) is 93.7 Å². The van der Waals surface area contributed by atoms with E-state index in [1.807, 2.05) is 87.7 Å². The van der Waals surface area contributed by atoms with Crippen LogP contribution in [0.2, 0.25) is 5.02 Å². The maximum absolute atomic E-state index is 14.4. The third kappa shape index (κ3) is 10.1. The molecule has 2 aliphatic heterocycles. The maximum Gasteiger partial charge on any atom is 0.287 e. The second kappa shape index (κ2) is 20.2. The summed E-state index contributed by atoms with van der Waals surface area (Å²) in [4.78, 5) is 64.8. The minimum atomic E-state index is -1.06. The van der Waals surface area contributed by atoms with E-state index in [9.17, 15) is 24.3 Å². The van der Waals surface area contributed by atoms with Gasteiger partial charge in [-0.05, 0) is 104 Å². The highest BCUT2D eigenvalue weighted by molar-refractivity contribution is 7.15. The van der Waals surface area contributed by atoms with Crippen molar-refractivity contribution >= 4 is 74.6 Å². The number of rotatable bonds is 13. The van der Waals surface area contributed by atoms with Crippen LogP contribution in [0, 0.1) is 33.1 Å². The molecule has 10 rings (SSSR count). The molecule has 0 unspecified atom stereocenters. The predicted octanol–water partition coefficient (Wildman–Crippen LogP) is 9.68. The van der Waals surface area contributed by atoms with Crippen LogP contribution in [0.25, 0.3) is 26.4 Å². The Morgan fingerprint density at radius 2 is 1.65 bits per heavy atom. The molecule has 4 amide bonds. The number of nitrogens with one attached hydrogen (secondary N) is 3. The molecule has 0 bridgehead atoms. The SMILES string of the molecule is Cc1ccsc1-c1ccc([C@H](C)NC(=O)[C@@H]2C[C@@H](O)CN2C(=O)[C@@H](NC(=O)c2cc3ccc(OC4CC(NC(=O)C[C@@H]5N=C(c6ccc(Cl)cc6)c6c(sc(C)c6C)-n6c(C)nnc65)C4)cc3o2)C(C)(C)C)cc1. The highest BCUT2D eigenvalue weighted by Gasteiger charge is 2.45. The Balaban J connectivity index is 0.754. The molecule has 74 heavy (non-hydrogen) atoms. The van der Waals surface area contributed by atoms with Crippen molar-refractivity contribution in [2.45, 2.75) is 123 Å². The van der Waals surface area contributed by atoms with Crippen LogP contribution < -0.4 is 20.7 Å². The number of furan rings is 1. The molecule has 1 saturated heterocycles. The Morgan fingerprint density at radius 1 is 0.919 bits per heavy atom. The highest BCUT2D eigenvalue weighted by atomic mass is 35.5. The van der Waals surface area contributed by atoms with E-state index in [1.54, 1.807) is 46.9 Å². The molecule has 0 spiro atoms. The predicted molar refractivity (Wildman–Crippen MR) is 288 cm³/mol. The Hall–Kier alpha value is -6.66. The molecule has 1 aliphatic carbocycles. The fourth-order valence-corrected chi connectivity index (χ4v) is 12.3. The lowest BCUT2D eigenvalue weighted by molar-refractivity contribution is -0.142. The van der Waals surface area contributed by atoms with E-state index in [0.29, 0.717) is 40.4 Å². The lowest BCUT2D eigenvalue weighted by atomic mass is 9.85. The zero-order valence-corrected chi connectivity index (χ0v) is 44.9. The number of aliphatic hydroxyl groups excluding tert-OH is 1. The number of carbonyl (C=O) groups excluding carboxylic acids is 4. The number of β-amino-alcohol motifs (C(OH)–C–C–N with tert-alkyl or cyclic N) is 1. The maximum atomic E-state index is 14.4. The quantitative estimate of drug-likeness (QED) is 0.0870. The van der Waals surface area contributed by atoms with E-state index < -0.39 is 41.5 Å². The molecular weight excluding hydrogens is 996 g/mol. The van der Waals surface area contributed by atoms with E-state index in [1.165, 1.54) is 15.3 Å². The Morgan fingerprint density at radius 3 is 2.35 bits per heavy atom. The second-order valence-electron chi connectivity index (χ2n) is 20.8. The molecule has 5 atom stereocenters. The summed E-state index contributed by atoms with van der Waals surface area (Å²) in [6, 6.07) is 21.6. The van der Waals surface area contributed by atoms with E-state index in [0.717, 1.165) is 49.2 Å².